The van der Waals surface area contributed by atoms with Crippen molar-refractivity contribution in [1.82, 2.24) is 9.62 Å². The van der Waals surface area contributed by atoms with Crippen LogP contribution in [-0.4, -0.2) is 50.2 Å². The molecule has 0 saturated carbocycles. The van der Waals surface area contributed by atoms with Crippen LogP contribution < -0.4 is 4.72 Å². The highest BCUT2D eigenvalue weighted by atomic mass is 32.2. The van der Waals surface area contributed by atoms with Crippen molar-refractivity contribution in [2.45, 2.75) is 31.2 Å². The van der Waals surface area contributed by atoms with Crippen LogP contribution in [0.4, 0.5) is 22.0 Å². The van der Waals surface area contributed by atoms with E-state index in [0.717, 1.165) is 30.5 Å². The van der Waals surface area contributed by atoms with E-state index >= 15 is 0 Å². The van der Waals surface area contributed by atoms with E-state index in [1.54, 1.807) is 0 Å². The topological polar surface area (TPSA) is 71.0 Å². The first-order valence-corrected chi connectivity index (χ1v) is 11.8. The molecule has 1 N–H and O–H groups in total. The SMILES string of the molecule is C[C@]1(F)CN(C2=NOC(c3c(F)cc(F)cc3-c3c(F)cccc3F)C2)C[C@H]1NS(C)(=O)=O. The van der Waals surface area contributed by atoms with E-state index in [0.29, 0.717) is 6.07 Å². The van der Waals surface area contributed by atoms with Crippen molar-refractivity contribution in [3.05, 3.63) is 59.2 Å². The summed E-state index contributed by atoms with van der Waals surface area (Å²) in [5.74, 6) is -3.94. The Hall–Kier alpha value is -2.73. The lowest BCUT2D eigenvalue weighted by atomic mass is 9.93. The predicted molar refractivity (Wildman–Crippen MR) is 110 cm³/mol. The molecule has 0 spiro atoms. The van der Waals surface area contributed by atoms with Gasteiger partial charge in [0.25, 0.3) is 0 Å². The Labute approximate surface area is 187 Å². The van der Waals surface area contributed by atoms with Crippen LogP contribution in [0.2, 0.25) is 0 Å². The summed E-state index contributed by atoms with van der Waals surface area (Å²) in [6, 6.07) is 3.37. The van der Waals surface area contributed by atoms with E-state index < -0.39 is 56.7 Å². The summed E-state index contributed by atoms with van der Waals surface area (Å²) < 4.78 is 97.9. The van der Waals surface area contributed by atoms with Gasteiger partial charge >= 0.3 is 0 Å². The summed E-state index contributed by atoms with van der Waals surface area (Å²) in [6.45, 7) is 0.966. The summed E-state index contributed by atoms with van der Waals surface area (Å²) in [5.41, 5.74) is -3.20. The number of hydrogen-bond donors (Lipinski definition) is 1. The van der Waals surface area contributed by atoms with Crippen molar-refractivity contribution in [2.75, 3.05) is 19.3 Å². The number of benzene rings is 2. The minimum Gasteiger partial charge on any atom is -0.386 e. The number of nitrogens with one attached hydrogen (secondary N) is 1. The first-order valence-electron chi connectivity index (χ1n) is 9.93. The van der Waals surface area contributed by atoms with Gasteiger partial charge in [-0.2, -0.15) is 0 Å². The number of hydrogen-bond acceptors (Lipinski definition) is 5. The molecule has 0 radical (unpaired) electrons. The Bertz CT molecular complexity index is 1220. The standard InChI is InChI=1S/C21H20F5N3O3S/c1-21(26)10-29(9-17(21)28-33(2,30)31)18-8-16(32-27-18)20-12(6-11(22)7-15(20)25)19-13(23)4-3-5-14(19)24/h3-7,16-17,28H,8-10H2,1-2H3/t16?,17-,21+/m1/s1. The average molecular weight is 489 g/mol. The molecule has 0 aliphatic carbocycles. The predicted octanol–water partition coefficient (Wildman–Crippen LogP) is 3.65. The maximum absolute atomic E-state index is 15.0. The zero-order valence-electron chi connectivity index (χ0n) is 17.6. The molecule has 2 aliphatic heterocycles. The van der Waals surface area contributed by atoms with E-state index in [1.807, 2.05) is 0 Å². The number of nitrogens with zero attached hydrogens (tertiary/aromatic N) is 2. The Balaban J connectivity index is 1.63. The molecular weight excluding hydrogens is 469 g/mol. The Morgan fingerprint density at radius 1 is 1.15 bits per heavy atom. The number of alkyl halides is 1. The van der Waals surface area contributed by atoms with Crippen molar-refractivity contribution < 1.29 is 35.2 Å². The molecule has 0 amide bonds. The molecular formula is C21H20F5N3O3S. The number of sulfonamides is 1. The zero-order valence-corrected chi connectivity index (χ0v) is 18.4. The second kappa shape index (κ2) is 8.24. The summed E-state index contributed by atoms with van der Waals surface area (Å²) in [6.07, 6.45) is -0.353. The zero-order chi connectivity index (χ0) is 24.1. The lowest BCUT2D eigenvalue weighted by Crippen LogP contribution is -2.47. The lowest BCUT2D eigenvalue weighted by molar-refractivity contribution is 0.0831. The van der Waals surface area contributed by atoms with Gasteiger partial charge in [-0.3, -0.25) is 0 Å². The monoisotopic (exact) mass is 489 g/mol. The van der Waals surface area contributed by atoms with Gasteiger partial charge in [0.1, 0.15) is 34.8 Å². The van der Waals surface area contributed by atoms with E-state index in [2.05, 4.69) is 9.88 Å². The second-order valence-corrected chi connectivity index (χ2v) is 10.1. The molecule has 1 fully saturated rings. The molecule has 0 bridgehead atoms. The van der Waals surface area contributed by atoms with Crippen LogP contribution in [0.15, 0.2) is 35.5 Å². The summed E-state index contributed by atoms with van der Waals surface area (Å²) in [4.78, 5) is 6.76. The van der Waals surface area contributed by atoms with Gasteiger partial charge in [0, 0.05) is 23.7 Å². The van der Waals surface area contributed by atoms with Gasteiger partial charge < -0.3 is 9.74 Å². The van der Waals surface area contributed by atoms with Crippen LogP contribution in [0, 0.1) is 23.3 Å². The number of likely N-dealkylation sites (tertiary alicyclic amines) is 1. The Kier molecular flexibility index (Phi) is 5.85. The molecule has 3 atom stereocenters. The van der Waals surface area contributed by atoms with Gasteiger partial charge in [-0.1, -0.05) is 11.2 Å². The van der Waals surface area contributed by atoms with Crippen LogP contribution in [0.5, 0.6) is 0 Å². The molecule has 178 valence electrons. The second-order valence-electron chi connectivity index (χ2n) is 8.35. The van der Waals surface area contributed by atoms with Gasteiger partial charge in [-0.25, -0.2) is 35.1 Å². The quantitative estimate of drug-likeness (QED) is 0.666. The van der Waals surface area contributed by atoms with Crippen LogP contribution >= 0.6 is 0 Å². The maximum Gasteiger partial charge on any atom is 0.209 e. The van der Waals surface area contributed by atoms with Crippen molar-refractivity contribution in [1.29, 1.82) is 0 Å². The molecule has 1 saturated heterocycles. The number of oxime groups is 1. The van der Waals surface area contributed by atoms with Crippen molar-refractivity contribution in [3.8, 4) is 11.1 Å². The summed E-state index contributed by atoms with van der Waals surface area (Å²) in [7, 11) is -3.68. The lowest BCUT2D eigenvalue weighted by Gasteiger charge is -2.20. The van der Waals surface area contributed by atoms with Crippen molar-refractivity contribution in [3.63, 3.8) is 0 Å². The molecule has 1 unspecified atom stereocenters. The Morgan fingerprint density at radius 2 is 1.82 bits per heavy atom. The normalized spacial score (nSPS) is 25.3. The van der Waals surface area contributed by atoms with Gasteiger partial charge in [0.15, 0.2) is 6.10 Å². The first kappa shape index (κ1) is 23.4. The third-order valence-corrected chi connectivity index (χ3v) is 6.37. The molecule has 2 aliphatic rings. The highest BCUT2D eigenvalue weighted by molar-refractivity contribution is 7.88. The number of amidine groups is 1. The Morgan fingerprint density at radius 3 is 2.45 bits per heavy atom. The molecule has 2 aromatic carbocycles. The number of rotatable bonds is 4. The minimum atomic E-state index is -3.68. The van der Waals surface area contributed by atoms with Gasteiger partial charge in [0.2, 0.25) is 10.0 Å². The fourth-order valence-corrected chi connectivity index (χ4v) is 4.99. The molecule has 12 heteroatoms. The fourth-order valence-electron chi connectivity index (χ4n) is 4.15. The summed E-state index contributed by atoms with van der Waals surface area (Å²) >= 11 is 0. The highest BCUT2D eigenvalue weighted by Gasteiger charge is 2.47. The molecule has 4 rings (SSSR count). The van der Waals surface area contributed by atoms with Crippen molar-refractivity contribution in [2.24, 2.45) is 5.16 Å². The van der Waals surface area contributed by atoms with Crippen molar-refractivity contribution >= 4 is 15.9 Å². The maximum atomic E-state index is 15.0. The van der Waals surface area contributed by atoms with Crippen LogP contribution in [0.3, 0.4) is 0 Å². The third kappa shape index (κ3) is 4.67. The first-order chi connectivity index (χ1) is 15.4. The summed E-state index contributed by atoms with van der Waals surface area (Å²) in [5, 5.41) is 3.87. The fraction of sp³-hybridized carbons (Fsp3) is 0.381. The van der Waals surface area contributed by atoms with E-state index in [1.165, 1.54) is 11.8 Å². The molecule has 6 nitrogen and oxygen atoms in total. The van der Waals surface area contributed by atoms with Gasteiger partial charge in [-0.15, -0.1) is 0 Å². The molecule has 0 aromatic heterocycles. The largest absolute Gasteiger partial charge is 0.386 e. The van der Waals surface area contributed by atoms with Crippen LogP contribution in [0.1, 0.15) is 25.0 Å². The molecule has 2 heterocycles. The van der Waals surface area contributed by atoms with Gasteiger partial charge in [-0.05, 0) is 25.1 Å². The van der Waals surface area contributed by atoms with E-state index in [-0.39, 0.29) is 36.5 Å². The molecule has 33 heavy (non-hydrogen) atoms. The third-order valence-electron chi connectivity index (χ3n) is 5.65. The average Bonchev–Trinajstić information content (AvgIpc) is 3.25. The van der Waals surface area contributed by atoms with Crippen LogP contribution in [0.25, 0.3) is 11.1 Å². The number of halogens is 5. The van der Waals surface area contributed by atoms with Gasteiger partial charge in [0.05, 0.1) is 30.8 Å². The van der Waals surface area contributed by atoms with E-state index in [9.17, 15) is 30.4 Å². The molecule has 2 aromatic rings. The smallest absolute Gasteiger partial charge is 0.209 e. The minimum absolute atomic E-state index is 0.0598. The van der Waals surface area contributed by atoms with Crippen LogP contribution in [-0.2, 0) is 14.9 Å². The highest BCUT2D eigenvalue weighted by Crippen LogP contribution is 2.40. The van der Waals surface area contributed by atoms with E-state index in [4.69, 9.17) is 4.84 Å².